The molecule has 3 nitrogen and oxygen atoms in total. The number of carbonyl (C=O) groups is 1. The van der Waals surface area contributed by atoms with Crippen LogP contribution in [-0.4, -0.2) is 23.2 Å². The van der Waals surface area contributed by atoms with Crippen molar-refractivity contribution in [2.75, 3.05) is 12.4 Å². The van der Waals surface area contributed by atoms with Crippen LogP contribution in [0.3, 0.4) is 0 Å². The van der Waals surface area contributed by atoms with Gasteiger partial charge in [-0.25, -0.2) is 0 Å². The Hall–Kier alpha value is -0.960. The summed E-state index contributed by atoms with van der Waals surface area (Å²) in [5.74, 6) is 1.03. The van der Waals surface area contributed by atoms with Crippen molar-refractivity contribution in [1.29, 1.82) is 0 Å². The monoisotopic (exact) mass is 241 g/mol. The van der Waals surface area contributed by atoms with Gasteiger partial charge in [-0.1, -0.05) is 13.8 Å². The quantitative estimate of drug-likeness (QED) is 0.708. The summed E-state index contributed by atoms with van der Waals surface area (Å²) in [6.07, 6.45) is 2.55. The SMILES string of the molecule is CC1(C)Cc2occc2CN(C(=O)CCl)C1. The molecule has 88 valence electrons. The number of rotatable bonds is 1. The highest BCUT2D eigenvalue weighted by Gasteiger charge is 2.31. The summed E-state index contributed by atoms with van der Waals surface area (Å²) in [6, 6.07) is 1.94. The highest BCUT2D eigenvalue weighted by atomic mass is 35.5. The second-order valence-corrected chi connectivity index (χ2v) is 5.36. The first-order valence-electron chi connectivity index (χ1n) is 5.41. The van der Waals surface area contributed by atoms with Crippen LogP contribution in [0.5, 0.6) is 0 Å². The molecular weight excluding hydrogens is 226 g/mol. The molecule has 4 heteroatoms. The van der Waals surface area contributed by atoms with E-state index in [-0.39, 0.29) is 17.2 Å². The van der Waals surface area contributed by atoms with E-state index in [1.807, 2.05) is 11.0 Å². The van der Waals surface area contributed by atoms with Crippen LogP contribution in [0.15, 0.2) is 16.7 Å². The zero-order valence-electron chi connectivity index (χ0n) is 9.62. The summed E-state index contributed by atoms with van der Waals surface area (Å²) in [7, 11) is 0. The Labute approximate surface area is 100 Å². The van der Waals surface area contributed by atoms with E-state index in [2.05, 4.69) is 13.8 Å². The molecule has 0 unspecified atom stereocenters. The van der Waals surface area contributed by atoms with Gasteiger partial charge in [-0.15, -0.1) is 11.6 Å². The molecular formula is C12H16ClNO2. The van der Waals surface area contributed by atoms with Crippen molar-refractivity contribution >= 4 is 17.5 Å². The fourth-order valence-electron chi connectivity index (χ4n) is 2.19. The van der Waals surface area contributed by atoms with E-state index in [4.69, 9.17) is 16.0 Å². The van der Waals surface area contributed by atoms with Gasteiger partial charge in [0.1, 0.15) is 11.6 Å². The lowest BCUT2D eigenvalue weighted by Crippen LogP contribution is -2.38. The minimum Gasteiger partial charge on any atom is -0.469 e. The number of hydrogen-bond donors (Lipinski definition) is 0. The number of amides is 1. The zero-order valence-corrected chi connectivity index (χ0v) is 10.4. The first-order chi connectivity index (χ1) is 7.52. The number of halogens is 1. The molecule has 0 fully saturated rings. The van der Waals surface area contributed by atoms with Crippen molar-refractivity contribution in [2.24, 2.45) is 5.41 Å². The molecule has 0 aromatic carbocycles. The van der Waals surface area contributed by atoms with Crippen LogP contribution >= 0.6 is 11.6 Å². The fourth-order valence-corrected chi connectivity index (χ4v) is 2.36. The van der Waals surface area contributed by atoms with Gasteiger partial charge in [-0.3, -0.25) is 4.79 Å². The van der Waals surface area contributed by atoms with E-state index >= 15 is 0 Å². The lowest BCUT2D eigenvalue weighted by Gasteiger charge is -2.28. The summed E-state index contributed by atoms with van der Waals surface area (Å²) in [4.78, 5) is 13.5. The van der Waals surface area contributed by atoms with Gasteiger partial charge < -0.3 is 9.32 Å². The second-order valence-electron chi connectivity index (χ2n) is 5.09. The standard InChI is InChI=1S/C12H16ClNO2/c1-12(2)5-10-9(3-4-16-10)7-14(8-12)11(15)6-13/h3-4H,5-8H2,1-2H3. The Bertz CT molecular complexity index is 397. The highest BCUT2D eigenvalue weighted by molar-refractivity contribution is 6.27. The number of furan rings is 1. The van der Waals surface area contributed by atoms with Crippen molar-refractivity contribution in [3.8, 4) is 0 Å². The maximum Gasteiger partial charge on any atom is 0.237 e. The lowest BCUT2D eigenvalue weighted by molar-refractivity contribution is -0.130. The van der Waals surface area contributed by atoms with Crippen LogP contribution in [0.1, 0.15) is 25.2 Å². The molecule has 1 aromatic heterocycles. The molecule has 1 amide bonds. The summed E-state index contributed by atoms with van der Waals surface area (Å²) >= 11 is 5.62. The average Bonchev–Trinajstić information content (AvgIpc) is 2.57. The molecule has 1 aliphatic heterocycles. The summed E-state index contributed by atoms with van der Waals surface area (Å²) in [5.41, 5.74) is 1.13. The maximum absolute atomic E-state index is 11.7. The number of hydrogen-bond acceptors (Lipinski definition) is 2. The average molecular weight is 242 g/mol. The third-order valence-electron chi connectivity index (χ3n) is 2.92. The van der Waals surface area contributed by atoms with E-state index in [0.29, 0.717) is 6.54 Å². The highest BCUT2D eigenvalue weighted by Crippen LogP contribution is 2.30. The Morgan fingerprint density at radius 1 is 1.62 bits per heavy atom. The Balaban J connectivity index is 2.29. The van der Waals surface area contributed by atoms with Crippen molar-refractivity contribution in [3.63, 3.8) is 0 Å². The molecule has 2 heterocycles. The van der Waals surface area contributed by atoms with Crippen molar-refractivity contribution in [1.82, 2.24) is 4.90 Å². The molecule has 0 saturated carbocycles. The normalized spacial score (nSPS) is 19.1. The molecule has 0 bridgehead atoms. The minimum absolute atomic E-state index is 0.0104. The molecule has 2 rings (SSSR count). The predicted molar refractivity (Wildman–Crippen MR) is 62.3 cm³/mol. The predicted octanol–water partition coefficient (Wildman–Crippen LogP) is 2.43. The number of nitrogens with zero attached hydrogens (tertiary/aromatic N) is 1. The summed E-state index contributed by atoms with van der Waals surface area (Å²) in [5, 5.41) is 0. The molecule has 0 N–H and O–H groups in total. The minimum atomic E-state index is -0.0104. The fraction of sp³-hybridized carbons (Fsp3) is 0.583. The van der Waals surface area contributed by atoms with Gasteiger partial charge in [0.25, 0.3) is 0 Å². The van der Waals surface area contributed by atoms with Crippen LogP contribution < -0.4 is 0 Å². The van der Waals surface area contributed by atoms with Crippen molar-refractivity contribution in [2.45, 2.75) is 26.8 Å². The Morgan fingerprint density at radius 2 is 2.38 bits per heavy atom. The number of alkyl halides is 1. The summed E-state index contributed by atoms with van der Waals surface area (Å²) in [6.45, 7) is 5.61. The smallest absolute Gasteiger partial charge is 0.237 e. The first-order valence-corrected chi connectivity index (χ1v) is 5.94. The summed E-state index contributed by atoms with van der Waals surface area (Å²) < 4.78 is 5.46. The Morgan fingerprint density at radius 3 is 3.06 bits per heavy atom. The molecule has 1 aromatic rings. The van der Waals surface area contributed by atoms with Crippen LogP contribution in [0, 0.1) is 5.41 Å². The lowest BCUT2D eigenvalue weighted by atomic mass is 9.88. The van der Waals surface area contributed by atoms with E-state index in [1.54, 1.807) is 6.26 Å². The Kier molecular flexibility index (Phi) is 2.98. The van der Waals surface area contributed by atoms with Gasteiger partial charge in [-0.2, -0.15) is 0 Å². The molecule has 1 aliphatic rings. The van der Waals surface area contributed by atoms with E-state index in [1.165, 1.54) is 0 Å². The van der Waals surface area contributed by atoms with Gasteiger partial charge in [0.05, 0.1) is 6.26 Å². The molecule has 0 atom stereocenters. The maximum atomic E-state index is 11.7. The first kappa shape index (κ1) is 11.5. The molecule has 0 radical (unpaired) electrons. The van der Waals surface area contributed by atoms with Crippen molar-refractivity contribution < 1.29 is 9.21 Å². The number of carbonyl (C=O) groups excluding carboxylic acids is 1. The van der Waals surface area contributed by atoms with Crippen molar-refractivity contribution in [3.05, 3.63) is 23.7 Å². The van der Waals surface area contributed by atoms with Gasteiger partial charge >= 0.3 is 0 Å². The molecule has 0 aliphatic carbocycles. The van der Waals surface area contributed by atoms with E-state index < -0.39 is 0 Å². The molecule has 0 spiro atoms. The van der Waals surface area contributed by atoms with E-state index in [0.717, 1.165) is 24.3 Å². The van der Waals surface area contributed by atoms with Crippen LogP contribution in [-0.2, 0) is 17.8 Å². The third-order valence-corrected chi connectivity index (χ3v) is 3.15. The van der Waals surface area contributed by atoms with Gasteiger partial charge in [0, 0.05) is 25.1 Å². The number of fused-ring (bicyclic) bond motifs is 1. The van der Waals surface area contributed by atoms with Gasteiger partial charge in [0.2, 0.25) is 5.91 Å². The topological polar surface area (TPSA) is 33.5 Å². The second kappa shape index (κ2) is 4.13. The molecule has 16 heavy (non-hydrogen) atoms. The van der Waals surface area contributed by atoms with Gasteiger partial charge in [-0.05, 0) is 11.5 Å². The van der Waals surface area contributed by atoms with E-state index in [9.17, 15) is 4.79 Å². The van der Waals surface area contributed by atoms with Crippen LogP contribution in [0.2, 0.25) is 0 Å². The van der Waals surface area contributed by atoms with Crippen LogP contribution in [0.4, 0.5) is 0 Å². The largest absolute Gasteiger partial charge is 0.469 e. The molecule has 0 saturated heterocycles. The van der Waals surface area contributed by atoms with Gasteiger partial charge in [0.15, 0.2) is 0 Å². The van der Waals surface area contributed by atoms with Crippen LogP contribution in [0.25, 0.3) is 0 Å². The third kappa shape index (κ3) is 2.24. The zero-order chi connectivity index (χ0) is 11.8.